The van der Waals surface area contributed by atoms with Gasteiger partial charge in [0.15, 0.2) is 0 Å². The quantitative estimate of drug-likeness (QED) is 0.596. The van der Waals surface area contributed by atoms with Crippen molar-refractivity contribution < 1.29 is 9.53 Å². The summed E-state index contributed by atoms with van der Waals surface area (Å²) in [6.45, 7) is 5.32. The lowest BCUT2D eigenvalue weighted by atomic mass is 9.96. The molecule has 0 atom stereocenters. The van der Waals surface area contributed by atoms with Crippen LogP contribution in [0.25, 0.3) is 10.2 Å². The van der Waals surface area contributed by atoms with Gasteiger partial charge >= 0.3 is 0 Å². The Balaban J connectivity index is 1.64. The van der Waals surface area contributed by atoms with E-state index in [0.29, 0.717) is 28.2 Å². The lowest BCUT2D eigenvalue weighted by Crippen LogP contribution is -2.36. The highest BCUT2D eigenvalue weighted by molar-refractivity contribution is 7.20. The highest BCUT2D eigenvalue weighted by Gasteiger charge is 2.31. The number of aryl methyl sites for hydroxylation is 3. The topological polar surface area (TPSA) is 64.4 Å². The molecule has 0 N–H and O–H groups in total. The van der Waals surface area contributed by atoms with Gasteiger partial charge in [0.25, 0.3) is 11.5 Å². The minimum absolute atomic E-state index is 0.00201. The second kappa shape index (κ2) is 7.79. The summed E-state index contributed by atoms with van der Waals surface area (Å²) in [5.41, 5.74) is 3.96. The minimum atomic E-state index is -0.0649. The molecular formula is C24H27N3O3S. The number of carbonyl (C=O) groups is 1. The van der Waals surface area contributed by atoms with Gasteiger partial charge in [0.1, 0.15) is 16.4 Å². The highest BCUT2D eigenvalue weighted by atomic mass is 32.1. The summed E-state index contributed by atoms with van der Waals surface area (Å²) in [4.78, 5) is 35.0. The lowest BCUT2D eigenvalue weighted by Gasteiger charge is -2.31. The molecule has 0 fully saturated rings. The monoisotopic (exact) mass is 437 g/mol. The van der Waals surface area contributed by atoms with E-state index in [1.807, 2.05) is 28.5 Å². The first-order valence-corrected chi connectivity index (χ1v) is 11.8. The third-order valence-electron chi connectivity index (χ3n) is 6.63. The van der Waals surface area contributed by atoms with Gasteiger partial charge < -0.3 is 9.64 Å². The molecule has 2 aromatic heterocycles. The van der Waals surface area contributed by atoms with Gasteiger partial charge in [0.05, 0.1) is 23.1 Å². The number of amides is 1. The minimum Gasteiger partial charge on any atom is -0.495 e. The van der Waals surface area contributed by atoms with Crippen LogP contribution in [0.15, 0.2) is 16.9 Å². The van der Waals surface area contributed by atoms with Crippen LogP contribution < -0.4 is 15.2 Å². The van der Waals surface area contributed by atoms with Gasteiger partial charge in [-0.05, 0) is 62.3 Å². The smallest absolute Gasteiger partial charge is 0.268 e. The number of ether oxygens (including phenoxy) is 1. The fourth-order valence-electron chi connectivity index (χ4n) is 4.96. The second-order valence-electron chi connectivity index (χ2n) is 8.50. The number of fused-ring (bicyclic) bond motifs is 3. The number of carbonyl (C=O) groups excluding carboxylic acids is 1. The standard InChI is InChI=1S/C24H27N3O3S/c1-14-10-11-17(30-3)20-16(14)8-7-13-27(20)24(29)21-15(2)19-22(31-21)25-18-9-5-4-6-12-26(18)23(19)28/h10-11H,4-9,12-13H2,1-3H3. The summed E-state index contributed by atoms with van der Waals surface area (Å²) in [6, 6.07) is 3.98. The van der Waals surface area contributed by atoms with Crippen molar-refractivity contribution in [1.29, 1.82) is 0 Å². The number of benzene rings is 1. The van der Waals surface area contributed by atoms with E-state index in [2.05, 4.69) is 6.92 Å². The molecule has 3 aromatic rings. The zero-order chi connectivity index (χ0) is 21.7. The predicted octanol–water partition coefficient (Wildman–Crippen LogP) is 4.40. The van der Waals surface area contributed by atoms with Gasteiger partial charge in [-0.25, -0.2) is 4.98 Å². The molecule has 1 amide bonds. The normalized spacial score (nSPS) is 16.0. The highest BCUT2D eigenvalue weighted by Crippen LogP contribution is 2.40. The summed E-state index contributed by atoms with van der Waals surface area (Å²) >= 11 is 1.36. The first kappa shape index (κ1) is 20.2. The van der Waals surface area contributed by atoms with E-state index in [4.69, 9.17) is 9.72 Å². The molecular weight excluding hydrogens is 410 g/mol. The molecule has 2 aliphatic rings. The SMILES string of the molecule is COc1ccc(C)c2c1N(C(=O)c1sc3nc4n(c(=O)c3c1C)CCCCC4)CCC2. The summed E-state index contributed by atoms with van der Waals surface area (Å²) in [5, 5.41) is 0.604. The number of rotatable bonds is 2. The molecule has 0 radical (unpaired) electrons. The third-order valence-corrected chi connectivity index (χ3v) is 7.80. The Morgan fingerprint density at radius 1 is 1.10 bits per heavy atom. The number of methoxy groups -OCH3 is 1. The largest absolute Gasteiger partial charge is 0.495 e. The Labute approximate surface area is 185 Å². The number of hydrogen-bond acceptors (Lipinski definition) is 5. The Morgan fingerprint density at radius 3 is 2.74 bits per heavy atom. The molecule has 162 valence electrons. The summed E-state index contributed by atoms with van der Waals surface area (Å²) in [7, 11) is 1.64. The Morgan fingerprint density at radius 2 is 1.94 bits per heavy atom. The van der Waals surface area contributed by atoms with Crippen LogP contribution in [0.1, 0.15) is 57.9 Å². The molecule has 4 heterocycles. The first-order chi connectivity index (χ1) is 15.0. The van der Waals surface area contributed by atoms with Gasteiger partial charge in [-0.2, -0.15) is 0 Å². The summed E-state index contributed by atoms with van der Waals surface area (Å²) in [5.74, 6) is 1.51. The van der Waals surface area contributed by atoms with Gasteiger partial charge in [0.2, 0.25) is 0 Å². The zero-order valence-electron chi connectivity index (χ0n) is 18.3. The average Bonchev–Trinajstić information content (AvgIpc) is 2.94. The average molecular weight is 438 g/mol. The van der Waals surface area contributed by atoms with Gasteiger partial charge in [0, 0.05) is 19.5 Å². The van der Waals surface area contributed by atoms with Crippen LogP contribution in [0.4, 0.5) is 5.69 Å². The van der Waals surface area contributed by atoms with Crippen molar-refractivity contribution in [1.82, 2.24) is 9.55 Å². The molecule has 2 aliphatic heterocycles. The number of nitrogens with zero attached hydrogens (tertiary/aromatic N) is 3. The molecule has 7 heteroatoms. The summed E-state index contributed by atoms with van der Waals surface area (Å²) < 4.78 is 7.44. The number of aromatic nitrogens is 2. The molecule has 5 rings (SSSR count). The maximum atomic E-state index is 13.8. The second-order valence-corrected chi connectivity index (χ2v) is 9.50. The Bertz CT molecular complexity index is 1260. The molecule has 0 unspecified atom stereocenters. The van der Waals surface area contributed by atoms with Crippen LogP contribution in [-0.4, -0.2) is 29.1 Å². The van der Waals surface area contributed by atoms with Crippen molar-refractivity contribution in [3.05, 3.63) is 49.9 Å². The maximum Gasteiger partial charge on any atom is 0.268 e. The van der Waals surface area contributed by atoms with Gasteiger partial charge in [-0.3, -0.25) is 14.2 Å². The fraction of sp³-hybridized carbons (Fsp3) is 0.458. The molecule has 1 aromatic carbocycles. The van der Waals surface area contributed by atoms with Crippen molar-refractivity contribution in [3.63, 3.8) is 0 Å². The van der Waals surface area contributed by atoms with Crippen molar-refractivity contribution >= 4 is 33.1 Å². The molecule has 0 spiro atoms. The van der Waals surface area contributed by atoms with Crippen molar-refractivity contribution in [2.45, 2.75) is 58.9 Å². The number of hydrogen-bond donors (Lipinski definition) is 0. The van der Waals surface area contributed by atoms with Crippen LogP contribution in [0.2, 0.25) is 0 Å². The molecule has 0 aliphatic carbocycles. The lowest BCUT2D eigenvalue weighted by molar-refractivity contribution is 0.0988. The van der Waals surface area contributed by atoms with Crippen molar-refractivity contribution in [3.8, 4) is 5.75 Å². The van der Waals surface area contributed by atoms with Gasteiger partial charge in [-0.1, -0.05) is 12.5 Å². The van der Waals surface area contributed by atoms with Crippen molar-refractivity contribution in [2.75, 3.05) is 18.6 Å². The van der Waals surface area contributed by atoms with Crippen LogP contribution in [0, 0.1) is 13.8 Å². The van der Waals surface area contributed by atoms with E-state index in [9.17, 15) is 9.59 Å². The van der Waals surface area contributed by atoms with E-state index < -0.39 is 0 Å². The molecule has 6 nitrogen and oxygen atoms in total. The first-order valence-electron chi connectivity index (χ1n) is 11.0. The molecule has 0 saturated carbocycles. The third kappa shape index (κ3) is 3.17. The zero-order valence-corrected chi connectivity index (χ0v) is 19.1. The molecule has 31 heavy (non-hydrogen) atoms. The maximum absolute atomic E-state index is 13.8. The molecule has 0 bridgehead atoms. The number of anilines is 1. The van der Waals surface area contributed by atoms with E-state index >= 15 is 0 Å². The predicted molar refractivity (Wildman–Crippen MR) is 124 cm³/mol. The van der Waals surface area contributed by atoms with Crippen LogP contribution in [-0.2, 0) is 19.4 Å². The van der Waals surface area contributed by atoms with Crippen LogP contribution >= 0.6 is 11.3 Å². The summed E-state index contributed by atoms with van der Waals surface area (Å²) in [6.07, 6.45) is 5.84. The van der Waals surface area contributed by atoms with E-state index in [0.717, 1.165) is 61.3 Å². The van der Waals surface area contributed by atoms with E-state index in [-0.39, 0.29) is 11.5 Å². The van der Waals surface area contributed by atoms with Gasteiger partial charge in [-0.15, -0.1) is 11.3 Å². The van der Waals surface area contributed by atoms with Crippen LogP contribution in [0.3, 0.4) is 0 Å². The Kier molecular flexibility index (Phi) is 5.08. The number of thiophene rings is 1. The van der Waals surface area contributed by atoms with E-state index in [1.54, 1.807) is 7.11 Å². The fourth-order valence-corrected chi connectivity index (χ4v) is 6.10. The van der Waals surface area contributed by atoms with E-state index in [1.165, 1.54) is 22.5 Å². The van der Waals surface area contributed by atoms with Crippen molar-refractivity contribution in [2.24, 2.45) is 0 Å². The Hall–Kier alpha value is -2.67. The molecule has 0 saturated heterocycles. The van der Waals surface area contributed by atoms with Crippen LogP contribution in [0.5, 0.6) is 5.75 Å².